The molecule has 2 aliphatic rings. The van der Waals surface area contributed by atoms with E-state index in [1.54, 1.807) is 0 Å². The number of hydrogen-bond acceptors (Lipinski definition) is 2. The maximum absolute atomic E-state index is 6.52. The van der Waals surface area contributed by atoms with Gasteiger partial charge >= 0.3 is 0 Å². The molecule has 0 radical (unpaired) electrons. The Morgan fingerprint density at radius 1 is 1.33 bits per heavy atom. The quantitative estimate of drug-likeness (QED) is 0.779. The third-order valence-corrected chi connectivity index (χ3v) is 4.89. The van der Waals surface area contributed by atoms with Gasteiger partial charge in [-0.05, 0) is 50.9 Å². The van der Waals surface area contributed by atoms with Crippen LogP contribution in [0.5, 0.6) is 0 Å². The van der Waals surface area contributed by atoms with Crippen LogP contribution in [0.2, 0.25) is 0 Å². The zero-order valence-corrected chi connectivity index (χ0v) is 10.2. The highest BCUT2D eigenvalue weighted by molar-refractivity contribution is 5.00. The second kappa shape index (κ2) is 4.06. The van der Waals surface area contributed by atoms with Gasteiger partial charge in [-0.1, -0.05) is 13.8 Å². The van der Waals surface area contributed by atoms with Crippen molar-refractivity contribution in [2.24, 2.45) is 11.7 Å². The van der Waals surface area contributed by atoms with Crippen molar-refractivity contribution in [2.45, 2.75) is 69.9 Å². The van der Waals surface area contributed by atoms with Gasteiger partial charge in [-0.3, -0.25) is 0 Å². The molecule has 2 heteroatoms. The summed E-state index contributed by atoms with van der Waals surface area (Å²) in [6.07, 6.45) is 8.47. The molecule has 1 atom stereocenters. The van der Waals surface area contributed by atoms with E-state index in [-0.39, 0.29) is 11.1 Å². The highest BCUT2D eigenvalue weighted by Crippen LogP contribution is 2.47. The van der Waals surface area contributed by atoms with Crippen LogP contribution >= 0.6 is 0 Å². The van der Waals surface area contributed by atoms with Gasteiger partial charge < -0.3 is 10.5 Å². The monoisotopic (exact) mass is 211 g/mol. The van der Waals surface area contributed by atoms with Gasteiger partial charge in [-0.2, -0.15) is 0 Å². The van der Waals surface area contributed by atoms with Crippen molar-refractivity contribution >= 4 is 0 Å². The Morgan fingerprint density at radius 3 is 2.47 bits per heavy atom. The summed E-state index contributed by atoms with van der Waals surface area (Å²) >= 11 is 0. The predicted molar refractivity (Wildman–Crippen MR) is 62.8 cm³/mol. The fourth-order valence-electron chi connectivity index (χ4n) is 3.27. The van der Waals surface area contributed by atoms with Gasteiger partial charge in [-0.15, -0.1) is 0 Å². The lowest BCUT2D eigenvalue weighted by molar-refractivity contribution is -0.152. The van der Waals surface area contributed by atoms with Crippen molar-refractivity contribution in [1.29, 1.82) is 0 Å². The topological polar surface area (TPSA) is 35.2 Å². The molecule has 2 nitrogen and oxygen atoms in total. The van der Waals surface area contributed by atoms with Crippen molar-refractivity contribution in [3.63, 3.8) is 0 Å². The van der Waals surface area contributed by atoms with Gasteiger partial charge in [0.1, 0.15) is 0 Å². The maximum Gasteiger partial charge on any atom is 0.0686 e. The van der Waals surface area contributed by atoms with E-state index in [1.165, 1.54) is 32.1 Å². The van der Waals surface area contributed by atoms with Crippen LogP contribution in [-0.4, -0.2) is 17.7 Å². The Morgan fingerprint density at radius 2 is 2.00 bits per heavy atom. The highest BCUT2D eigenvalue weighted by atomic mass is 16.5. The van der Waals surface area contributed by atoms with Gasteiger partial charge in [0, 0.05) is 12.1 Å². The van der Waals surface area contributed by atoms with Crippen LogP contribution in [0, 0.1) is 5.92 Å². The molecule has 1 saturated carbocycles. The van der Waals surface area contributed by atoms with Crippen LogP contribution in [0.15, 0.2) is 0 Å². The van der Waals surface area contributed by atoms with E-state index in [4.69, 9.17) is 10.5 Å². The van der Waals surface area contributed by atoms with Crippen molar-refractivity contribution in [1.82, 2.24) is 0 Å². The van der Waals surface area contributed by atoms with Gasteiger partial charge in [0.2, 0.25) is 0 Å². The number of ether oxygens (including phenoxy) is 1. The molecule has 1 saturated heterocycles. The SMILES string of the molecule is CCC(N)(CC)C1CCOC2(CCC2)C1. The molecule has 15 heavy (non-hydrogen) atoms. The summed E-state index contributed by atoms with van der Waals surface area (Å²) in [5.74, 6) is 0.682. The van der Waals surface area contributed by atoms with Gasteiger partial charge in [-0.25, -0.2) is 0 Å². The summed E-state index contributed by atoms with van der Waals surface area (Å²) in [4.78, 5) is 0. The molecule has 0 aromatic carbocycles. The molecule has 0 bridgehead atoms. The summed E-state index contributed by atoms with van der Waals surface area (Å²) in [7, 11) is 0. The molecule has 1 spiro atoms. The van der Waals surface area contributed by atoms with Crippen molar-refractivity contribution in [2.75, 3.05) is 6.61 Å². The van der Waals surface area contributed by atoms with Gasteiger partial charge in [0.05, 0.1) is 5.60 Å². The zero-order chi connectivity index (χ0) is 10.9. The maximum atomic E-state index is 6.52. The molecular formula is C13H25NO. The predicted octanol–water partition coefficient (Wildman–Crippen LogP) is 2.85. The van der Waals surface area contributed by atoms with Crippen LogP contribution in [-0.2, 0) is 4.74 Å². The van der Waals surface area contributed by atoms with E-state index in [1.807, 2.05) is 0 Å². The second-order valence-electron chi connectivity index (χ2n) is 5.52. The summed E-state index contributed by atoms with van der Waals surface area (Å²) in [5, 5.41) is 0. The zero-order valence-electron chi connectivity index (χ0n) is 10.2. The molecule has 0 amide bonds. The Hall–Kier alpha value is -0.0800. The van der Waals surface area contributed by atoms with Crippen molar-refractivity contribution in [3.8, 4) is 0 Å². The fourth-order valence-corrected chi connectivity index (χ4v) is 3.27. The summed E-state index contributed by atoms with van der Waals surface area (Å²) in [6, 6.07) is 0. The third-order valence-electron chi connectivity index (χ3n) is 4.89. The molecule has 1 heterocycles. The minimum Gasteiger partial charge on any atom is -0.375 e. The largest absolute Gasteiger partial charge is 0.375 e. The first-order valence-electron chi connectivity index (χ1n) is 6.57. The molecule has 2 N–H and O–H groups in total. The fraction of sp³-hybridized carbons (Fsp3) is 1.00. The van der Waals surface area contributed by atoms with E-state index >= 15 is 0 Å². The van der Waals surface area contributed by atoms with E-state index in [9.17, 15) is 0 Å². The van der Waals surface area contributed by atoms with Crippen LogP contribution in [0.4, 0.5) is 0 Å². The van der Waals surface area contributed by atoms with E-state index in [0.29, 0.717) is 5.92 Å². The standard InChI is InChI=1S/C13H25NO/c1-3-13(14,4-2)11-6-9-15-12(10-11)7-5-8-12/h11H,3-10,14H2,1-2H3. The molecule has 1 aliphatic carbocycles. The summed E-state index contributed by atoms with van der Waals surface area (Å²) in [5.41, 5.74) is 6.83. The molecule has 2 rings (SSSR count). The Bertz CT molecular complexity index is 219. The Labute approximate surface area is 93.6 Å². The van der Waals surface area contributed by atoms with Crippen LogP contribution < -0.4 is 5.73 Å². The number of hydrogen-bond donors (Lipinski definition) is 1. The van der Waals surface area contributed by atoms with E-state index < -0.39 is 0 Å². The second-order valence-corrected chi connectivity index (χ2v) is 5.52. The van der Waals surface area contributed by atoms with E-state index in [2.05, 4.69) is 13.8 Å². The average molecular weight is 211 g/mol. The van der Waals surface area contributed by atoms with Crippen LogP contribution in [0.25, 0.3) is 0 Å². The molecule has 1 unspecified atom stereocenters. The average Bonchev–Trinajstić information content (AvgIpc) is 2.26. The lowest BCUT2D eigenvalue weighted by Crippen LogP contribution is -2.55. The highest BCUT2D eigenvalue weighted by Gasteiger charge is 2.46. The first-order chi connectivity index (χ1) is 7.14. The summed E-state index contributed by atoms with van der Waals surface area (Å²) in [6.45, 7) is 5.39. The van der Waals surface area contributed by atoms with Crippen molar-refractivity contribution in [3.05, 3.63) is 0 Å². The van der Waals surface area contributed by atoms with E-state index in [0.717, 1.165) is 19.4 Å². The smallest absolute Gasteiger partial charge is 0.0686 e. The Balaban J connectivity index is 2.03. The molecule has 2 fully saturated rings. The number of rotatable bonds is 3. The molecule has 88 valence electrons. The minimum atomic E-state index is 0.0619. The Kier molecular flexibility index (Phi) is 3.09. The lowest BCUT2D eigenvalue weighted by Gasteiger charge is -2.51. The van der Waals surface area contributed by atoms with Crippen LogP contribution in [0.1, 0.15) is 58.8 Å². The molecule has 1 aliphatic heterocycles. The minimum absolute atomic E-state index is 0.0619. The van der Waals surface area contributed by atoms with Crippen LogP contribution in [0.3, 0.4) is 0 Å². The first-order valence-corrected chi connectivity index (χ1v) is 6.57. The first kappa shape index (κ1) is 11.4. The lowest BCUT2D eigenvalue weighted by atomic mass is 9.66. The van der Waals surface area contributed by atoms with Gasteiger partial charge in [0.25, 0.3) is 0 Å². The molecule has 0 aromatic heterocycles. The van der Waals surface area contributed by atoms with Gasteiger partial charge in [0.15, 0.2) is 0 Å². The molecule has 0 aromatic rings. The number of nitrogens with two attached hydrogens (primary N) is 1. The summed E-state index contributed by atoms with van der Waals surface area (Å²) < 4.78 is 5.96. The molecular weight excluding hydrogens is 186 g/mol. The van der Waals surface area contributed by atoms with Crippen molar-refractivity contribution < 1.29 is 4.74 Å². The third kappa shape index (κ3) is 1.94. The normalized spacial score (nSPS) is 30.2.